The van der Waals surface area contributed by atoms with Gasteiger partial charge in [-0.25, -0.2) is 4.79 Å². The smallest absolute Gasteiger partial charge is 0.393 e. The number of carbonyl (C=O) groups is 1. The first-order chi connectivity index (χ1) is 7.58. The summed E-state index contributed by atoms with van der Waals surface area (Å²) in [6.45, 7) is 1.83. The van der Waals surface area contributed by atoms with Crippen LogP contribution in [-0.2, 0) is 0 Å². The summed E-state index contributed by atoms with van der Waals surface area (Å²) >= 11 is 5.80. The van der Waals surface area contributed by atoms with E-state index in [-0.39, 0.29) is 5.89 Å². The van der Waals surface area contributed by atoms with Crippen molar-refractivity contribution < 1.29 is 14.3 Å². The van der Waals surface area contributed by atoms with Crippen molar-refractivity contribution in [2.24, 2.45) is 0 Å². The molecule has 2 rings (SSSR count). The number of hydrogen-bond donors (Lipinski definition) is 1. The molecule has 0 amide bonds. The third-order valence-corrected chi connectivity index (χ3v) is 2.26. The van der Waals surface area contributed by atoms with E-state index in [1.165, 1.54) is 0 Å². The second-order valence-electron chi connectivity index (χ2n) is 3.18. The van der Waals surface area contributed by atoms with Crippen LogP contribution >= 0.6 is 11.6 Å². The van der Waals surface area contributed by atoms with Crippen molar-refractivity contribution in [3.63, 3.8) is 0 Å². The SMILES string of the molecule is Cc1cc(Cl)ccc1-c1nnc(C(=O)O)o1. The van der Waals surface area contributed by atoms with Crippen LogP contribution in [0, 0.1) is 6.92 Å². The maximum absolute atomic E-state index is 10.6. The van der Waals surface area contributed by atoms with Crippen LogP contribution in [0.5, 0.6) is 0 Å². The Hall–Kier alpha value is -1.88. The lowest BCUT2D eigenvalue weighted by Crippen LogP contribution is -1.95. The summed E-state index contributed by atoms with van der Waals surface area (Å²) in [7, 11) is 0. The number of rotatable bonds is 2. The molecule has 0 aliphatic rings. The second-order valence-corrected chi connectivity index (χ2v) is 3.61. The number of aromatic nitrogens is 2. The van der Waals surface area contributed by atoms with E-state index in [1.807, 2.05) is 6.92 Å². The normalized spacial score (nSPS) is 10.4. The average Bonchev–Trinajstić information content (AvgIpc) is 2.66. The molecule has 0 aliphatic carbocycles. The predicted molar refractivity (Wildman–Crippen MR) is 56.4 cm³/mol. The van der Waals surface area contributed by atoms with Gasteiger partial charge in [0.1, 0.15) is 0 Å². The van der Waals surface area contributed by atoms with E-state index in [0.717, 1.165) is 5.56 Å². The van der Waals surface area contributed by atoms with Crippen molar-refractivity contribution in [3.8, 4) is 11.5 Å². The minimum atomic E-state index is -1.25. The van der Waals surface area contributed by atoms with Crippen LogP contribution in [0.25, 0.3) is 11.5 Å². The summed E-state index contributed by atoms with van der Waals surface area (Å²) in [6, 6.07) is 5.12. The van der Waals surface area contributed by atoms with Crippen molar-refractivity contribution in [2.45, 2.75) is 6.92 Å². The molecule has 0 saturated heterocycles. The molecular formula is C10H7ClN2O3. The lowest BCUT2D eigenvalue weighted by molar-refractivity contribution is 0.0654. The molecule has 0 fully saturated rings. The monoisotopic (exact) mass is 238 g/mol. The van der Waals surface area contributed by atoms with Crippen molar-refractivity contribution in [2.75, 3.05) is 0 Å². The number of carboxylic acid groups (broad SMARTS) is 1. The molecule has 6 heteroatoms. The fourth-order valence-electron chi connectivity index (χ4n) is 1.29. The molecule has 0 radical (unpaired) electrons. The van der Waals surface area contributed by atoms with E-state index in [9.17, 15) is 4.79 Å². The Bertz CT molecular complexity index is 551. The summed E-state index contributed by atoms with van der Waals surface area (Å²) in [5, 5.41) is 16.3. The van der Waals surface area contributed by atoms with Gasteiger partial charge in [0, 0.05) is 10.6 Å². The quantitative estimate of drug-likeness (QED) is 0.869. The molecule has 1 N–H and O–H groups in total. The molecule has 2 aromatic rings. The van der Waals surface area contributed by atoms with Gasteiger partial charge in [-0.05, 0) is 30.7 Å². The Morgan fingerprint density at radius 1 is 1.44 bits per heavy atom. The highest BCUT2D eigenvalue weighted by Crippen LogP contribution is 2.24. The molecule has 5 nitrogen and oxygen atoms in total. The van der Waals surface area contributed by atoms with Crippen molar-refractivity contribution in [3.05, 3.63) is 34.7 Å². The molecule has 1 aromatic heterocycles. The Morgan fingerprint density at radius 3 is 2.75 bits per heavy atom. The molecule has 16 heavy (non-hydrogen) atoms. The Labute approximate surface area is 95.7 Å². The largest absolute Gasteiger partial charge is 0.474 e. The molecule has 1 heterocycles. The van der Waals surface area contributed by atoms with E-state index >= 15 is 0 Å². The van der Waals surface area contributed by atoms with E-state index < -0.39 is 11.9 Å². The maximum atomic E-state index is 10.6. The first kappa shape index (κ1) is 10.6. The van der Waals surface area contributed by atoms with Crippen LogP contribution in [0.4, 0.5) is 0 Å². The van der Waals surface area contributed by atoms with Crippen molar-refractivity contribution in [1.82, 2.24) is 10.2 Å². The zero-order valence-corrected chi connectivity index (χ0v) is 9.02. The van der Waals surface area contributed by atoms with Gasteiger partial charge < -0.3 is 9.52 Å². The maximum Gasteiger partial charge on any atom is 0.393 e. The number of aromatic carboxylic acids is 1. The molecule has 0 spiro atoms. The van der Waals surface area contributed by atoms with Gasteiger partial charge in [-0.2, -0.15) is 0 Å². The molecular weight excluding hydrogens is 232 g/mol. The van der Waals surface area contributed by atoms with Crippen LogP contribution in [-0.4, -0.2) is 21.3 Å². The fourth-order valence-corrected chi connectivity index (χ4v) is 1.51. The van der Waals surface area contributed by atoms with E-state index in [4.69, 9.17) is 21.1 Å². The molecule has 82 valence electrons. The van der Waals surface area contributed by atoms with Crippen LogP contribution in [0.15, 0.2) is 22.6 Å². The van der Waals surface area contributed by atoms with Crippen molar-refractivity contribution in [1.29, 1.82) is 0 Å². The highest BCUT2D eigenvalue weighted by molar-refractivity contribution is 6.30. The Kier molecular flexibility index (Phi) is 2.62. The lowest BCUT2D eigenvalue weighted by Gasteiger charge is -2.00. The number of aryl methyl sites for hydroxylation is 1. The average molecular weight is 239 g/mol. The number of hydrogen-bond acceptors (Lipinski definition) is 4. The van der Waals surface area contributed by atoms with Gasteiger partial charge in [-0.1, -0.05) is 11.6 Å². The van der Waals surface area contributed by atoms with E-state index in [1.54, 1.807) is 18.2 Å². The highest BCUT2D eigenvalue weighted by Gasteiger charge is 2.15. The Balaban J connectivity index is 2.46. The summed E-state index contributed by atoms with van der Waals surface area (Å²) < 4.78 is 4.99. The number of halogens is 1. The number of nitrogens with zero attached hydrogens (tertiary/aromatic N) is 2. The number of carboxylic acids is 1. The van der Waals surface area contributed by atoms with Gasteiger partial charge in [-0.15, -0.1) is 10.2 Å². The molecule has 0 aliphatic heterocycles. The summed E-state index contributed by atoms with van der Waals surface area (Å²) in [6.07, 6.45) is 0. The summed E-state index contributed by atoms with van der Waals surface area (Å²) in [5.41, 5.74) is 1.51. The van der Waals surface area contributed by atoms with E-state index in [0.29, 0.717) is 10.6 Å². The molecule has 0 atom stereocenters. The van der Waals surface area contributed by atoms with Crippen LogP contribution < -0.4 is 0 Å². The number of benzene rings is 1. The third-order valence-electron chi connectivity index (χ3n) is 2.03. The van der Waals surface area contributed by atoms with Gasteiger partial charge >= 0.3 is 11.9 Å². The van der Waals surface area contributed by atoms with Crippen LogP contribution in [0.1, 0.15) is 16.2 Å². The fraction of sp³-hybridized carbons (Fsp3) is 0.100. The first-order valence-corrected chi connectivity index (χ1v) is 4.79. The Morgan fingerprint density at radius 2 is 2.19 bits per heavy atom. The second kappa shape index (κ2) is 3.94. The van der Waals surface area contributed by atoms with Crippen molar-refractivity contribution >= 4 is 17.6 Å². The minimum Gasteiger partial charge on any atom is -0.474 e. The molecule has 0 bridgehead atoms. The summed E-state index contributed by atoms with van der Waals surface area (Å²) in [5.74, 6) is -1.50. The van der Waals surface area contributed by atoms with Gasteiger partial charge in [0.2, 0.25) is 5.89 Å². The van der Waals surface area contributed by atoms with Gasteiger partial charge in [0.05, 0.1) is 0 Å². The summed E-state index contributed by atoms with van der Waals surface area (Å²) in [4.78, 5) is 10.6. The van der Waals surface area contributed by atoms with E-state index in [2.05, 4.69) is 10.2 Å². The topological polar surface area (TPSA) is 76.2 Å². The van der Waals surface area contributed by atoms with Gasteiger partial charge in [0.25, 0.3) is 0 Å². The van der Waals surface area contributed by atoms with Crippen LogP contribution in [0.3, 0.4) is 0 Å². The first-order valence-electron chi connectivity index (χ1n) is 4.41. The standard InChI is InChI=1S/C10H7ClN2O3/c1-5-4-6(11)2-3-7(5)8-12-13-9(16-8)10(14)15/h2-4H,1H3,(H,14,15). The van der Waals surface area contributed by atoms with Gasteiger partial charge in [0.15, 0.2) is 0 Å². The predicted octanol–water partition coefficient (Wildman–Crippen LogP) is 2.40. The minimum absolute atomic E-state index is 0.173. The van der Waals surface area contributed by atoms with Gasteiger partial charge in [-0.3, -0.25) is 0 Å². The van der Waals surface area contributed by atoms with Crippen LogP contribution in [0.2, 0.25) is 5.02 Å². The zero-order valence-electron chi connectivity index (χ0n) is 8.27. The molecule has 1 aromatic carbocycles. The third kappa shape index (κ3) is 1.90. The molecule has 0 unspecified atom stereocenters. The zero-order chi connectivity index (χ0) is 11.7. The lowest BCUT2D eigenvalue weighted by atomic mass is 10.1. The highest BCUT2D eigenvalue weighted by atomic mass is 35.5. The molecule has 0 saturated carbocycles.